The number of nitrogens with zero attached hydrogens (tertiary/aromatic N) is 1. The second-order valence-corrected chi connectivity index (χ2v) is 8.68. The van der Waals surface area contributed by atoms with Crippen LogP contribution in [0.4, 0.5) is 4.79 Å². The van der Waals surface area contributed by atoms with Gasteiger partial charge in [0.1, 0.15) is 11.6 Å². The summed E-state index contributed by atoms with van der Waals surface area (Å²) in [5.74, 6) is -1.87. The number of carbonyl (C=O) groups excluding carboxylic acids is 3. The molecule has 1 atom stereocenters. The van der Waals surface area contributed by atoms with Crippen molar-refractivity contribution in [2.24, 2.45) is 5.92 Å². The Labute approximate surface area is 175 Å². The lowest BCUT2D eigenvalue weighted by molar-refractivity contribution is -0.312. The Morgan fingerprint density at radius 2 is 1.90 bits per heavy atom. The number of H-pyrrole nitrogens is 1. The van der Waals surface area contributed by atoms with E-state index >= 15 is 0 Å². The van der Waals surface area contributed by atoms with E-state index in [1.165, 1.54) is 0 Å². The van der Waals surface area contributed by atoms with E-state index in [0.717, 1.165) is 16.5 Å². The van der Waals surface area contributed by atoms with Crippen LogP contribution in [-0.2, 0) is 20.7 Å². The molecule has 3 rings (SSSR count). The SMILES string of the molecule is CC(C)(C)OC(=O)N[C@@H](Cc1c[nH]c2ccccc12)C(=O)N1CCC(C(=O)[O-])CC1. The highest BCUT2D eigenvalue weighted by Crippen LogP contribution is 2.22. The minimum absolute atomic E-state index is 0.247. The number of carboxylic acid groups (broad SMARTS) is 1. The van der Waals surface area contributed by atoms with Crippen molar-refractivity contribution in [3.05, 3.63) is 36.0 Å². The first kappa shape index (κ1) is 21.7. The number of ether oxygens (including phenoxy) is 1. The standard InChI is InChI=1S/C22H29N3O5/c1-22(2,3)30-21(29)24-18(12-15-13-23-17-7-5-4-6-16(15)17)19(26)25-10-8-14(9-11-25)20(27)28/h4-7,13-14,18,23H,8-12H2,1-3H3,(H,24,29)(H,27,28)/p-1/t18-/m0/s1. The van der Waals surface area contributed by atoms with E-state index in [-0.39, 0.29) is 5.91 Å². The van der Waals surface area contributed by atoms with Gasteiger partial charge in [0.15, 0.2) is 0 Å². The van der Waals surface area contributed by atoms with Crippen LogP contribution < -0.4 is 10.4 Å². The van der Waals surface area contributed by atoms with Gasteiger partial charge in [0, 0.05) is 48.5 Å². The zero-order valence-electron chi connectivity index (χ0n) is 17.6. The van der Waals surface area contributed by atoms with Gasteiger partial charge in [0.25, 0.3) is 0 Å². The number of alkyl carbamates (subject to hydrolysis) is 1. The highest BCUT2D eigenvalue weighted by atomic mass is 16.6. The fourth-order valence-electron chi connectivity index (χ4n) is 3.73. The quantitative estimate of drug-likeness (QED) is 0.771. The molecule has 8 nitrogen and oxygen atoms in total. The molecule has 8 heteroatoms. The van der Waals surface area contributed by atoms with Crippen molar-refractivity contribution in [3.8, 4) is 0 Å². The normalized spacial score (nSPS) is 16.3. The monoisotopic (exact) mass is 414 g/mol. The maximum atomic E-state index is 13.2. The number of amides is 2. The van der Waals surface area contributed by atoms with E-state index in [4.69, 9.17) is 4.74 Å². The highest BCUT2D eigenvalue weighted by Gasteiger charge is 2.31. The predicted molar refractivity (Wildman–Crippen MR) is 109 cm³/mol. The van der Waals surface area contributed by atoms with E-state index in [1.807, 2.05) is 30.5 Å². The van der Waals surface area contributed by atoms with E-state index < -0.39 is 29.6 Å². The Morgan fingerprint density at radius 3 is 2.53 bits per heavy atom. The molecule has 2 aromatic rings. The van der Waals surface area contributed by atoms with E-state index in [9.17, 15) is 19.5 Å². The van der Waals surface area contributed by atoms with E-state index in [2.05, 4.69) is 10.3 Å². The van der Waals surface area contributed by atoms with Crippen molar-refractivity contribution in [1.82, 2.24) is 15.2 Å². The fourth-order valence-corrected chi connectivity index (χ4v) is 3.73. The molecule has 1 aromatic heterocycles. The maximum Gasteiger partial charge on any atom is 0.408 e. The second-order valence-electron chi connectivity index (χ2n) is 8.68. The van der Waals surface area contributed by atoms with E-state index in [0.29, 0.717) is 32.4 Å². The number of para-hydroxylation sites is 1. The van der Waals surface area contributed by atoms with Gasteiger partial charge < -0.3 is 29.8 Å². The zero-order chi connectivity index (χ0) is 21.9. The molecule has 0 saturated carbocycles. The minimum atomic E-state index is -1.08. The van der Waals surface area contributed by atoms with Gasteiger partial charge in [-0.1, -0.05) is 18.2 Å². The van der Waals surface area contributed by atoms with Gasteiger partial charge in [-0.05, 0) is 45.2 Å². The van der Waals surface area contributed by atoms with Crippen molar-refractivity contribution >= 4 is 28.9 Å². The van der Waals surface area contributed by atoms with Crippen LogP contribution >= 0.6 is 0 Å². The molecule has 0 radical (unpaired) electrons. The number of benzene rings is 1. The number of aliphatic carboxylic acids is 1. The third-order valence-electron chi connectivity index (χ3n) is 5.23. The van der Waals surface area contributed by atoms with Crippen LogP contribution in [0.1, 0.15) is 39.2 Å². The van der Waals surface area contributed by atoms with Crippen LogP contribution in [0.15, 0.2) is 30.5 Å². The molecule has 2 amide bonds. The molecule has 30 heavy (non-hydrogen) atoms. The molecule has 1 aliphatic rings. The minimum Gasteiger partial charge on any atom is -0.550 e. The molecule has 162 valence electrons. The third kappa shape index (κ3) is 5.31. The largest absolute Gasteiger partial charge is 0.550 e. The predicted octanol–water partition coefficient (Wildman–Crippen LogP) is 1.59. The lowest BCUT2D eigenvalue weighted by atomic mass is 9.96. The number of hydrogen-bond donors (Lipinski definition) is 2. The molecular weight excluding hydrogens is 386 g/mol. The van der Waals surface area contributed by atoms with Crippen LogP contribution in [0.25, 0.3) is 10.9 Å². The maximum absolute atomic E-state index is 13.2. The van der Waals surface area contributed by atoms with Gasteiger partial charge in [-0.25, -0.2) is 4.79 Å². The van der Waals surface area contributed by atoms with Crippen molar-refractivity contribution < 1.29 is 24.2 Å². The number of aromatic amines is 1. The van der Waals surface area contributed by atoms with Gasteiger partial charge in [0.05, 0.1) is 0 Å². The molecule has 1 aliphatic heterocycles. The summed E-state index contributed by atoms with van der Waals surface area (Å²) in [5, 5.41) is 14.8. The molecule has 1 aromatic carbocycles. The third-order valence-corrected chi connectivity index (χ3v) is 5.23. The first-order valence-electron chi connectivity index (χ1n) is 10.2. The lowest BCUT2D eigenvalue weighted by Gasteiger charge is -2.35. The molecular formula is C22H28N3O5-. The van der Waals surface area contributed by atoms with Crippen molar-refractivity contribution in [2.45, 2.75) is 51.7 Å². The summed E-state index contributed by atoms with van der Waals surface area (Å²) in [7, 11) is 0. The Hall–Kier alpha value is -3.03. The molecule has 1 saturated heterocycles. The Kier molecular flexibility index (Phi) is 6.34. The second kappa shape index (κ2) is 8.77. The topological polar surface area (TPSA) is 115 Å². The van der Waals surface area contributed by atoms with Gasteiger partial charge in [-0.2, -0.15) is 0 Å². The van der Waals surface area contributed by atoms with Crippen molar-refractivity contribution in [2.75, 3.05) is 13.1 Å². The van der Waals surface area contributed by atoms with Gasteiger partial charge >= 0.3 is 6.09 Å². The zero-order valence-corrected chi connectivity index (χ0v) is 17.6. The molecule has 1 fully saturated rings. The first-order valence-corrected chi connectivity index (χ1v) is 10.2. The smallest absolute Gasteiger partial charge is 0.408 e. The van der Waals surface area contributed by atoms with Gasteiger partial charge in [0.2, 0.25) is 5.91 Å². The summed E-state index contributed by atoms with van der Waals surface area (Å²) < 4.78 is 5.35. The summed E-state index contributed by atoms with van der Waals surface area (Å²) in [6.45, 7) is 5.91. The molecule has 0 unspecified atom stereocenters. The Bertz CT molecular complexity index is 922. The van der Waals surface area contributed by atoms with E-state index in [1.54, 1.807) is 25.7 Å². The highest BCUT2D eigenvalue weighted by molar-refractivity contribution is 5.88. The first-order chi connectivity index (χ1) is 14.1. The molecule has 2 heterocycles. The number of rotatable bonds is 5. The molecule has 0 bridgehead atoms. The summed E-state index contributed by atoms with van der Waals surface area (Å²) >= 11 is 0. The number of aromatic nitrogens is 1. The van der Waals surface area contributed by atoms with Gasteiger partial charge in [-0.3, -0.25) is 4.79 Å². The lowest BCUT2D eigenvalue weighted by Crippen LogP contribution is -2.53. The number of nitrogens with one attached hydrogen (secondary N) is 2. The number of carbonyl (C=O) groups is 3. The summed E-state index contributed by atoms with van der Waals surface area (Å²) in [4.78, 5) is 41.5. The Morgan fingerprint density at radius 1 is 1.23 bits per heavy atom. The van der Waals surface area contributed by atoms with Crippen LogP contribution in [0, 0.1) is 5.92 Å². The number of hydrogen-bond acceptors (Lipinski definition) is 5. The van der Waals surface area contributed by atoms with Crippen molar-refractivity contribution in [1.29, 1.82) is 0 Å². The summed E-state index contributed by atoms with van der Waals surface area (Å²) in [5.41, 5.74) is 1.17. The fraction of sp³-hybridized carbons (Fsp3) is 0.500. The van der Waals surface area contributed by atoms with Crippen LogP contribution in [0.2, 0.25) is 0 Å². The Balaban J connectivity index is 1.77. The summed E-state index contributed by atoms with van der Waals surface area (Å²) in [6.07, 6.45) is 2.16. The molecule has 0 aliphatic carbocycles. The summed E-state index contributed by atoms with van der Waals surface area (Å²) in [6, 6.07) is 6.93. The van der Waals surface area contributed by atoms with Crippen LogP contribution in [0.5, 0.6) is 0 Å². The molecule has 0 spiro atoms. The molecule has 2 N–H and O–H groups in total. The number of fused-ring (bicyclic) bond motifs is 1. The average molecular weight is 414 g/mol. The van der Waals surface area contributed by atoms with Gasteiger partial charge in [-0.15, -0.1) is 0 Å². The number of piperidine rings is 1. The average Bonchev–Trinajstić information content (AvgIpc) is 3.08. The van der Waals surface area contributed by atoms with Crippen molar-refractivity contribution in [3.63, 3.8) is 0 Å². The number of likely N-dealkylation sites (tertiary alicyclic amines) is 1. The van der Waals surface area contributed by atoms with Crippen LogP contribution in [0.3, 0.4) is 0 Å². The van der Waals surface area contributed by atoms with Crippen LogP contribution in [-0.4, -0.2) is 52.6 Å². The number of carboxylic acids is 1.